The Morgan fingerprint density at radius 3 is 2.55 bits per heavy atom. The van der Waals surface area contributed by atoms with Crippen molar-refractivity contribution in [2.75, 3.05) is 13.2 Å². The smallest absolute Gasteiger partial charge is 0.307 e. The molecule has 0 saturated heterocycles. The molecule has 1 heterocycles. The number of nitrogens with one attached hydrogen (secondary N) is 1. The molecule has 0 bridgehead atoms. The van der Waals surface area contributed by atoms with Crippen molar-refractivity contribution in [3.63, 3.8) is 0 Å². The Hall–Kier alpha value is -3.32. The molecule has 0 saturated carbocycles. The first-order chi connectivity index (χ1) is 15.1. The molecule has 4 rings (SSSR count). The molecule has 0 unspecified atom stereocenters. The van der Waals surface area contributed by atoms with Gasteiger partial charge in [-0.25, -0.2) is 5.43 Å². The van der Waals surface area contributed by atoms with Crippen molar-refractivity contribution in [3.8, 4) is 11.5 Å². The topological polar surface area (TPSA) is 73.1 Å². The summed E-state index contributed by atoms with van der Waals surface area (Å²) in [5.74, 6) is 1.03. The van der Waals surface area contributed by atoms with Gasteiger partial charge in [-0.15, -0.1) is 0 Å². The van der Waals surface area contributed by atoms with Crippen LogP contribution in [-0.4, -0.2) is 25.3 Å². The van der Waals surface area contributed by atoms with Gasteiger partial charge in [0, 0.05) is 15.4 Å². The highest BCUT2D eigenvalue weighted by molar-refractivity contribution is 9.10. The number of hydrogen-bond acceptors (Lipinski definition) is 5. The molecule has 0 radical (unpaired) electrons. The first-order valence-electron chi connectivity index (χ1n) is 9.94. The van der Waals surface area contributed by atoms with Crippen LogP contribution in [0.15, 0.2) is 68.6 Å². The van der Waals surface area contributed by atoms with Crippen molar-refractivity contribution in [1.29, 1.82) is 0 Å². The van der Waals surface area contributed by atoms with Gasteiger partial charge in [0.05, 0.1) is 19.4 Å². The molecule has 6 nitrogen and oxygen atoms in total. The Balaban J connectivity index is 1.54. The lowest BCUT2D eigenvalue weighted by Gasteiger charge is -2.12. The second-order valence-corrected chi connectivity index (χ2v) is 7.55. The number of hydrazone groups is 1. The molecule has 1 amide bonds. The van der Waals surface area contributed by atoms with Gasteiger partial charge < -0.3 is 13.9 Å². The third-order valence-corrected chi connectivity index (χ3v) is 5.37. The molecule has 0 aliphatic carbocycles. The number of hydrogen-bond donors (Lipinski definition) is 1. The van der Waals surface area contributed by atoms with Crippen LogP contribution in [0.3, 0.4) is 0 Å². The number of carbonyl (C=O) groups excluding carboxylic acids is 1. The Labute approximate surface area is 188 Å². The van der Waals surface area contributed by atoms with Crippen LogP contribution in [0.25, 0.3) is 21.7 Å². The number of ether oxygens (including phenoxy) is 2. The van der Waals surface area contributed by atoms with E-state index in [1.54, 1.807) is 6.07 Å². The van der Waals surface area contributed by atoms with E-state index in [4.69, 9.17) is 13.9 Å². The molecule has 0 spiro atoms. The standard InChI is InChI=1S/C24H21BrN2O4/c1-3-29-21-11-16(19(25)13-22(21)30-4-2)14-26-27-24(28)23-12-18-17-8-6-5-7-15(17)9-10-20(18)31-23/h5-14H,3-4H2,1-2H3,(H,27,28). The monoisotopic (exact) mass is 480 g/mol. The van der Waals surface area contributed by atoms with Crippen LogP contribution in [-0.2, 0) is 0 Å². The van der Waals surface area contributed by atoms with Gasteiger partial charge in [-0.2, -0.15) is 5.10 Å². The summed E-state index contributed by atoms with van der Waals surface area (Å²) in [7, 11) is 0. The summed E-state index contributed by atoms with van der Waals surface area (Å²) in [5.41, 5.74) is 3.91. The van der Waals surface area contributed by atoms with E-state index in [1.807, 2.05) is 62.4 Å². The van der Waals surface area contributed by atoms with Crippen LogP contribution in [0.4, 0.5) is 0 Å². The summed E-state index contributed by atoms with van der Waals surface area (Å²) in [5, 5.41) is 7.09. The van der Waals surface area contributed by atoms with E-state index >= 15 is 0 Å². The molecule has 3 aromatic carbocycles. The number of benzene rings is 3. The number of rotatable bonds is 7. The van der Waals surface area contributed by atoms with Crippen molar-refractivity contribution >= 4 is 49.8 Å². The van der Waals surface area contributed by atoms with Crippen molar-refractivity contribution in [1.82, 2.24) is 5.43 Å². The van der Waals surface area contributed by atoms with E-state index in [2.05, 4.69) is 26.5 Å². The fourth-order valence-corrected chi connectivity index (χ4v) is 3.73. The summed E-state index contributed by atoms with van der Waals surface area (Å²) in [4.78, 5) is 12.6. The van der Waals surface area contributed by atoms with Gasteiger partial charge in [-0.1, -0.05) is 30.3 Å². The number of amides is 1. The molecule has 31 heavy (non-hydrogen) atoms. The number of halogens is 1. The van der Waals surface area contributed by atoms with Crippen molar-refractivity contribution in [2.45, 2.75) is 13.8 Å². The van der Waals surface area contributed by atoms with E-state index in [1.165, 1.54) is 6.21 Å². The van der Waals surface area contributed by atoms with Crippen molar-refractivity contribution < 1.29 is 18.7 Å². The van der Waals surface area contributed by atoms with E-state index in [9.17, 15) is 4.79 Å². The number of fused-ring (bicyclic) bond motifs is 3. The largest absolute Gasteiger partial charge is 0.490 e. The van der Waals surface area contributed by atoms with Gasteiger partial charge in [-0.3, -0.25) is 4.79 Å². The highest BCUT2D eigenvalue weighted by Crippen LogP contribution is 2.33. The first-order valence-corrected chi connectivity index (χ1v) is 10.7. The third-order valence-electron chi connectivity index (χ3n) is 4.68. The average molecular weight is 481 g/mol. The maximum absolute atomic E-state index is 12.6. The molecular weight excluding hydrogens is 460 g/mol. The van der Waals surface area contributed by atoms with Crippen LogP contribution >= 0.6 is 15.9 Å². The lowest BCUT2D eigenvalue weighted by molar-refractivity contribution is 0.0929. The van der Waals surface area contributed by atoms with Gasteiger partial charge in [0.1, 0.15) is 5.58 Å². The van der Waals surface area contributed by atoms with E-state index in [0.29, 0.717) is 30.3 Å². The Morgan fingerprint density at radius 1 is 1.03 bits per heavy atom. The molecular formula is C24H21BrN2O4. The van der Waals surface area contributed by atoms with Crippen LogP contribution in [0, 0.1) is 0 Å². The Morgan fingerprint density at radius 2 is 1.77 bits per heavy atom. The number of carbonyl (C=O) groups is 1. The lowest BCUT2D eigenvalue weighted by Crippen LogP contribution is -2.16. The van der Waals surface area contributed by atoms with Crippen molar-refractivity contribution in [2.24, 2.45) is 5.10 Å². The summed E-state index contributed by atoms with van der Waals surface area (Å²) in [6, 6.07) is 17.2. The van der Waals surface area contributed by atoms with Crippen LogP contribution < -0.4 is 14.9 Å². The van der Waals surface area contributed by atoms with Crippen LogP contribution in [0.2, 0.25) is 0 Å². The van der Waals surface area contributed by atoms with Crippen LogP contribution in [0.5, 0.6) is 11.5 Å². The quantitative estimate of drug-likeness (QED) is 0.263. The predicted octanol–water partition coefficient (Wildman–Crippen LogP) is 5.91. The van der Waals surface area contributed by atoms with Gasteiger partial charge in [0.2, 0.25) is 0 Å². The number of nitrogens with zero attached hydrogens (tertiary/aromatic N) is 1. The van der Waals surface area contributed by atoms with E-state index in [0.717, 1.165) is 26.2 Å². The molecule has 0 aliphatic heterocycles. The fraction of sp³-hybridized carbons (Fsp3) is 0.167. The average Bonchev–Trinajstić information content (AvgIpc) is 3.22. The Kier molecular flexibility index (Phi) is 6.23. The van der Waals surface area contributed by atoms with Gasteiger partial charge in [0.25, 0.3) is 0 Å². The predicted molar refractivity (Wildman–Crippen MR) is 125 cm³/mol. The molecule has 7 heteroatoms. The normalized spacial score (nSPS) is 11.3. The highest BCUT2D eigenvalue weighted by atomic mass is 79.9. The molecule has 0 fully saturated rings. The third kappa shape index (κ3) is 4.41. The van der Waals surface area contributed by atoms with Crippen LogP contribution in [0.1, 0.15) is 30.0 Å². The SMILES string of the molecule is CCOc1cc(Br)c(C=NNC(=O)c2cc3c(ccc4ccccc43)o2)cc1OCC. The van der Waals surface area contributed by atoms with Gasteiger partial charge in [0.15, 0.2) is 17.3 Å². The zero-order chi connectivity index (χ0) is 21.8. The van der Waals surface area contributed by atoms with Gasteiger partial charge >= 0.3 is 5.91 Å². The zero-order valence-corrected chi connectivity index (χ0v) is 18.7. The van der Waals surface area contributed by atoms with E-state index < -0.39 is 5.91 Å². The molecule has 158 valence electrons. The Bertz CT molecular complexity index is 1280. The highest BCUT2D eigenvalue weighted by Gasteiger charge is 2.14. The lowest BCUT2D eigenvalue weighted by atomic mass is 10.1. The second kappa shape index (κ2) is 9.22. The molecule has 0 aliphatic rings. The first kappa shape index (κ1) is 20.9. The minimum absolute atomic E-state index is 0.198. The minimum atomic E-state index is -0.427. The van der Waals surface area contributed by atoms with Gasteiger partial charge in [-0.05, 0) is 64.8 Å². The fourth-order valence-electron chi connectivity index (χ4n) is 3.31. The number of furan rings is 1. The second-order valence-electron chi connectivity index (χ2n) is 6.69. The molecule has 4 aromatic rings. The summed E-state index contributed by atoms with van der Waals surface area (Å²) >= 11 is 3.50. The maximum Gasteiger partial charge on any atom is 0.307 e. The molecule has 1 aromatic heterocycles. The summed E-state index contributed by atoms with van der Waals surface area (Å²) < 4.78 is 17.7. The summed E-state index contributed by atoms with van der Waals surface area (Å²) in [6.07, 6.45) is 1.54. The summed E-state index contributed by atoms with van der Waals surface area (Å²) in [6.45, 7) is 4.86. The van der Waals surface area contributed by atoms with Crippen molar-refractivity contribution in [3.05, 3.63) is 70.4 Å². The minimum Gasteiger partial charge on any atom is -0.490 e. The molecule has 0 atom stereocenters. The molecule has 1 N–H and O–H groups in total. The van der Waals surface area contributed by atoms with E-state index in [-0.39, 0.29) is 5.76 Å². The zero-order valence-electron chi connectivity index (χ0n) is 17.1. The maximum atomic E-state index is 12.6.